The highest BCUT2D eigenvalue weighted by Crippen LogP contribution is 2.20. The fourth-order valence-electron chi connectivity index (χ4n) is 3.09. The highest BCUT2D eigenvalue weighted by Gasteiger charge is 2.09. The molecule has 1 saturated heterocycles. The normalized spacial score (nSPS) is 15.1. The summed E-state index contributed by atoms with van der Waals surface area (Å²) in [4.78, 5) is 2.35. The minimum absolute atomic E-state index is 0.477. The molecule has 1 aliphatic heterocycles. The average molecular weight is 385 g/mol. The van der Waals surface area contributed by atoms with Gasteiger partial charge in [-0.2, -0.15) is 10.4 Å². The number of rotatable bonds is 7. The third-order valence-corrected chi connectivity index (χ3v) is 4.71. The number of aromatic nitrogens is 1. The monoisotopic (exact) mass is 384 g/mol. The maximum absolute atomic E-state index is 8.83. The van der Waals surface area contributed by atoms with Crippen molar-refractivity contribution in [2.75, 3.05) is 39.4 Å². The molecule has 0 unspecified atom stereocenters. The number of thiocarbonyl (C=S) groups is 1. The molecule has 1 aromatic heterocycles. The minimum Gasteiger partial charge on any atom is -0.379 e. The second-order valence-electron chi connectivity index (χ2n) is 6.28. The number of nitrogens with one attached hydrogen (secondary N) is 2. The van der Waals surface area contributed by atoms with Crippen molar-refractivity contribution in [1.29, 1.82) is 5.26 Å². The molecule has 0 radical (unpaired) electrons. The largest absolute Gasteiger partial charge is 0.379 e. The van der Waals surface area contributed by atoms with Crippen LogP contribution in [0, 0.1) is 11.3 Å². The number of nitriles is 1. The lowest BCUT2D eigenvalue weighted by Gasteiger charge is -2.26. The van der Waals surface area contributed by atoms with Gasteiger partial charge in [0.2, 0.25) is 0 Å². The van der Waals surface area contributed by atoms with Crippen molar-refractivity contribution in [2.24, 2.45) is 5.10 Å². The predicted molar refractivity (Wildman–Crippen MR) is 111 cm³/mol. The second-order valence-corrected chi connectivity index (χ2v) is 6.69. The van der Waals surface area contributed by atoms with Crippen molar-refractivity contribution in [1.82, 2.24) is 20.2 Å². The number of hydrogen-bond donors (Lipinski definition) is 2. The molecule has 1 aliphatic rings. The van der Waals surface area contributed by atoms with Crippen molar-refractivity contribution in [2.45, 2.75) is 13.0 Å². The fourth-order valence-corrected chi connectivity index (χ4v) is 3.24. The molecule has 2 N–H and O–H groups in total. The number of hydrazone groups is 1. The fraction of sp³-hybridized carbons (Fsp3) is 0.421. The Bertz CT molecular complexity index is 834. The van der Waals surface area contributed by atoms with Crippen LogP contribution in [0.5, 0.6) is 0 Å². The molecular formula is C19H24N6OS. The summed E-state index contributed by atoms with van der Waals surface area (Å²) in [6, 6.07) is 10.3. The molecule has 27 heavy (non-hydrogen) atoms. The van der Waals surface area contributed by atoms with E-state index < -0.39 is 0 Å². The van der Waals surface area contributed by atoms with E-state index in [-0.39, 0.29) is 0 Å². The zero-order chi connectivity index (χ0) is 18.9. The van der Waals surface area contributed by atoms with Crippen LogP contribution >= 0.6 is 12.2 Å². The first-order chi connectivity index (χ1) is 13.3. The summed E-state index contributed by atoms with van der Waals surface area (Å²) < 4.78 is 7.42. The van der Waals surface area contributed by atoms with Crippen molar-refractivity contribution >= 4 is 34.4 Å². The summed E-state index contributed by atoms with van der Waals surface area (Å²) >= 11 is 5.27. The molecular weight excluding hydrogens is 360 g/mol. The first kappa shape index (κ1) is 19.3. The van der Waals surface area contributed by atoms with Gasteiger partial charge in [-0.15, -0.1) is 0 Å². The van der Waals surface area contributed by atoms with Crippen molar-refractivity contribution < 1.29 is 4.74 Å². The Kier molecular flexibility index (Phi) is 7.16. The lowest BCUT2D eigenvalue weighted by Crippen LogP contribution is -2.42. The van der Waals surface area contributed by atoms with E-state index in [1.807, 2.05) is 18.3 Å². The maximum Gasteiger partial charge on any atom is 0.187 e. The maximum atomic E-state index is 8.83. The van der Waals surface area contributed by atoms with E-state index in [4.69, 9.17) is 22.2 Å². The van der Waals surface area contributed by atoms with E-state index in [1.165, 1.54) is 0 Å². The van der Waals surface area contributed by atoms with Crippen LogP contribution in [0.15, 0.2) is 35.6 Å². The van der Waals surface area contributed by atoms with E-state index in [9.17, 15) is 0 Å². The zero-order valence-electron chi connectivity index (χ0n) is 15.2. The molecule has 1 aromatic carbocycles. The standard InChI is InChI=1S/C19H24N6OS/c20-6-3-8-25-15-16(17-4-1-2-5-18(17)25)14-22-23-19(27)21-7-9-24-10-12-26-13-11-24/h1-2,4-5,14-15H,3,7-13H2,(H2,21,23,27)/b22-14-. The molecule has 7 nitrogen and oxygen atoms in total. The molecule has 0 saturated carbocycles. The quantitative estimate of drug-likeness (QED) is 0.430. The number of morpholine rings is 1. The summed E-state index contributed by atoms with van der Waals surface area (Å²) in [5.74, 6) is 0. The molecule has 142 valence electrons. The molecule has 0 amide bonds. The van der Waals surface area contributed by atoms with Crippen LogP contribution in [0.25, 0.3) is 10.9 Å². The van der Waals surface area contributed by atoms with Crippen LogP contribution in [0.4, 0.5) is 0 Å². The number of aryl methyl sites for hydroxylation is 1. The van der Waals surface area contributed by atoms with Crippen molar-refractivity contribution in [3.05, 3.63) is 36.0 Å². The Balaban J connectivity index is 1.51. The van der Waals surface area contributed by atoms with Gasteiger partial charge in [0.25, 0.3) is 0 Å². The molecule has 0 atom stereocenters. The number of para-hydroxylation sites is 1. The lowest BCUT2D eigenvalue weighted by atomic mass is 10.2. The number of fused-ring (bicyclic) bond motifs is 1. The molecule has 2 aromatic rings. The van der Waals surface area contributed by atoms with E-state index in [1.54, 1.807) is 6.21 Å². The van der Waals surface area contributed by atoms with Gasteiger partial charge in [0.05, 0.1) is 31.9 Å². The van der Waals surface area contributed by atoms with Crippen molar-refractivity contribution in [3.8, 4) is 6.07 Å². The number of benzene rings is 1. The van der Waals surface area contributed by atoms with Gasteiger partial charge in [0.1, 0.15) is 0 Å². The van der Waals surface area contributed by atoms with Gasteiger partial charge in [0.15, 0.2) is 5.11 Å². The zero-order valence-corrected chi connectivity index (χ0v) is 16.0. The lowest BCUT2D eigenvalue weighted by molar-refractivity contribution is 0.0389. The molecule has 1 fully saturated rings. The van der Waals surface area contributed by atoms with Gasteiger partial charge in [-0.3, -0.25) is 10.3 Å². The summed E-state index contributed by atoms with van der Waals surface area (Å²) in [6.07, 6.45) is 4.26. The molecule has 3 rings (SSSR count). The average Bonchev–Trinajstić information content (AvgIpc) is 3.05. The van der Waals surface area contributed by atoms with Gasteiger partial charge in [0, 0.05) is 55.4 Å². The number of nitrogens with zero attached hydrogens (tertiary/aromatic N) is 4. The first-order valence-electron chi connectivity index (χ1n) is 9.10. The van der Waals surface area contributed by atoms with Crippen LogP contribution < -0.4 is 10.7 Å². The van der Waals surface area contributed by atoms with Crippen LogP contribution in [0.1, 0.15) is 12.0 Å². The third-order valence-electron chi connectivity index (χ3n) is 4.47. The molecule has 8 heteroatoms. The Morgan fingerprint density at radius 3 is 2.93 bits per heavy atom. The number of hydrogen-bond acceptors (Lipinski definition) is 5. The predicted octanol–water partition coefficient (Wildman–Crippen LogP) is 1.69. The molecule has 0 bridgehead atoms. The SMILES string of the molecule is N#CCCn1cc(/C=N\NC(=S)NCCN2CCOCC2)c2ccccc21. The second kappa shape index (κ2) is 10.0. The van der Waals surface area contributed by atoms with Crippen LogP contribution in [0.3, 0.4) is 0 Å². The van der Waals surface area contributed by atoms with E-state index in [0.29, 0.717) is 18.1 Å². The summed E-state index contributed by atoms with van der Waals surface area (Å²) in [7, 11) is 0. The van der Waals surface area contributed by atoms with E-state index in [2.05, 4.69) is 43.5 Å². The third kappa shape index (κ3) is 5.50. The Morgan fingerprint density at radius 1 is 1.30 bits per heavy atom. The highest BCUT2D eigenvalue weighted by atomic mass is 32.1. The smallest absolute Gasteiger partial charge is 0.187 e. The summed E-state index contributed by atoms with van der Waals surface area (Å²) in [6.45, 7) is 5.91. The molecule has 0 aliphatic carbocycles. The van der Waals surface area contributed by atoms with Gasteiger partial charge in [-0.05, 0) is 18.3 Å². The molecule has 0 spiro atoms. The summed E-state index contributed by atoms with van der Waals surface area (Å²) in [5, 5.41) is 17.9. The Labute approximate surface area is 164 Å². The Hall–Kier alpha value is -2.47. The summed E-state index contributed by atoms with van der Waals surface area (Å²) in [5.41, 5.74) is 4.96. The highest BCUT2D eigenvalue weighted by molar-refractivity contribution is 7.80. The minimum atomic E-state index is 0.477. The van der Waals surface area contributed by atoms with Gasteiger partial charge in [-0.25, -0.2) is 0 Å². The van der Waals surface area contributed by atoms with Crippen LogP contribution in [-0.2, 0) is 11.3 Å². The van der Waals surface area contributed by atoms with E-state index in [0.717, 1.165) is 55.9 Å². The topological polar surface area (TPSA) is 77.6 Å². The van der Waals surface area contributed by atoms with Crippen molar-refractivity contribution in [3.63, 3.8) is 0 Å². The molecule has 2 heterocycles. The van der Waals surface area contributed by atoms with Crippen LogP contribution in [0.2, 0.25) is 0 Å². The van der Waals surface area contributed by atoms with Gasteiger partial charge >= 0.3 is 0 Å². The van der Waals surface area contributed by atoms with Crippen LogP contribution in [-0.4, -0.2) is 60.2 Å². The first-order valence-corrected chi connectivity index (χ1v) is 9.50. The van der Waals surface area contributed by atoms with E-state index >= 15 is 0 Å². The number of ether oxygens (including phenoxy) is 1. The van der Waals surface area contributed by atoms with Gasteiger partial charge in [-0.1, -0.05) is 18.2 Å². The Morgan fingerprint density at radius 2 is 2.11 bits per heavy atom. The van der Waals surface area contributed by atoms with Gasteiger partial charge < -0.3 is 14.6 Å².